The van der Waals surface area contributed by atoms with Gasteiger partial charge in [0.05, 0.1) is 17.9 Å². The Bertz CT molecular complexity index is 1670. The van der Waals surface area contributed by atoms with Gasteiger partial charge >= 0.3 is 11.9 Å². The van der Waals surface area contributed by atoms with Crippen molar-refractivity contribution in [2.45, 2.75) is 45.3 Å². The maximum Gasteiger partial charge on any atom is 0.348 e. The molecule has 0 bridgehead atoms. The number of hydrogen-bond acceptors (Lipinski definition) is 7. The number of anilines is 2. The van der Waals surface area contributed by atoms with Crippen LogP contribution in [0.5, 0.6) is 11.5 Å². The van der Waals surface area contributed by atoms with E-state index in [9.17, 15) is 18.4 Å². The Morgan fingerprint density at radius 3 is 1.49 bits per heavy atom. The monoisotopic (exact) mass is 948 g/mol. The molecule has 2 N–H and O–H groups in total. The van der Waals surface area contributed by atoms with E-state index < -0.39 is 37.1 Å². The van der Waals surface area contributed by atoms with E-state index in [4.69, 9.17) is 21.1 Å². The van der Waals surface area contributed by atoms with Crippen LogP contribution >= 0.6 is 75.3 Å². The Labute approximate surface area is 321 Å². The molecule has 0 aliphatic rings. The van der Waals surface area contributed by atoms with Gasteiger partial charge in [0, 0.05) is 43.3 Å². The summed E-state index contributed by atoms with van der Waals surface area (Å²) in [5, 5.41) is 6.69. The first-order valence-electron chi connectivity index (χ1n) is 14.8. The molecule has 0 fully saturated rings. The molecule has 49 heavy (non-hydrogen) atoms. The number of nitrogens with one attached hydrogen (secondary N) is 2. The Hall–Kier alpha value is -2.71. The van der Waals surface area contributed by atoms with E-state index in [1.807, 2.05) is 38.2 Å². The molecule has 4 aromatic rings. The molecule has 7 nitrogen and oxygen atoms in total. The molecule has 0 aromatic heterocycles. The summed E-state index contributed by atoms with van der Waals surface area (Å²) in [6.45, 7) is 2.47. The van der Waals surface area contributed by atoms with Gasteiger partial charge in [-0.3, -0.25) is 0 Å². The number of aryl methyl sites for hydroxylation is 1. The van der Waals surface area contributed by atoms with Crippen molar-refractivity contribution in [3.63, 3.8) is 0 Å². The van der Waals surface area contributed by atoms with Crippen molar-refractivity contribution in [2.75, 3.05) is 24.7 Å². The summed E-state index contributed by atoms with van der Waals surface area (Å²) < 4.78 is 48.4. The molecule has 0 spiro atoms. The number of rotatable bonds is 14. The van der Waals surface area contributed by atoms with Crippen LogP contribution in [0.1, 0.15) is 27.8 Å². The fourth-order valence-corrected chi connectivity index (χ4v) is 8.10. The van der Waals surface area contributed by atoms with Crippen molar-refractivity contribution in [3.05, 3.63) is 111 Å². The van der Waals surface area contributed by atoms with Crippen LogP contribution in [0, 0.1) is 6.92 Å². The number of benzene rings is 4. The summed E-state index contributed by atoms with van der Waals surface area (Å²) in [5.74, 6) is -2.01. The van der Waals surface area contributed by atoms with Crippen molar-refractivity contribution in [1.29, 1.82) is 0 Å². The lowest BCUT2D eigenvalue weighted by Gasteiger charge is -2.15. The van der Waals surface area contributed by atoms with E-state index in [2.05, 4.69) is 79.1 Å². The first-order valence-corrected chi connectivity index (χ1v) is 18.3. The highest BCUT2D eigenvalue weighted by Crippen LogP contribution is 2.37. The van der Waals surface area contributed by atoms with Gasteiger partial charge in [0.25, 0.3) is 0 Å². The van der Waals surface area contributed by atoms with Gasteiger partial charge in [-0.15, -0.1) is 0 Å². The van der Waals surface area contributed by atoms with Gasteiger partial charge in [0.15, 0.2) is 0 Å². The van der Waals surface area contributed by atoms with Crippen LogP contribution < -0.4 is 20.1 Å². The predicted molar refractivity (Wildman–Crippen MR) is 202 cm³/mol. The van der Waals surface area contributed by atoms with Gasteiger partial charge in [-0.1, -0.05) is 17.7 Å². The average Bonchev–Trinajstić information content (AvgIpc) is 3.03. The predicted octanol–water partition coefficient (Wildman–Crippen LogP) is 10.5. The Balaban J connectivity index is 1.31. The fourth-order valence-electron chi connectivity index (χ4n) is 4.82. The van der Waals surface area contributed by atoms with Crippen LogP contribution in [-0.2, 0) is 40.4 Å². The van der Waals surface area contributed by atoms with Crippen molar-refractivity contribution >= 4 is 98.6 Å². The maximum absolute atomic E-state index is 14.9. The second-order valence-electron chi connectivity index (χ2n) is 11.0. The molecule has 0 amide bonds. The largest absolute Gasteiger partial charge is 0.487 e. The molecule has 4 rings (SSSR count). The zero-order chi connectivity index (χ0) is 35.8. The van der Waals surface area contributed by atoms with E-state index in [0.29, 0.717) is 45.5 Å². The van der Waals surface area contributed by atoms with Crippen molar-refractivity contribution < 1.29 is 32.6 Å². The van der Waals surface area contributed by atoms with Crippen LogP contribution in [-0.4, -0.2) is 38.4 Å². The molecule has 2 unspecified atom stereocenters. The highest BCUT2D eigenvalue weighted by atomic mass is 79.9. The van der Waals surface area contributed by atoms with E-state index in [1.165, 1.54) is 0 Å². The third-order valence-electron chi connectivity index (χ3n) is 7.10. The molecule has 4 aromatic carbocycles. The normalized spacial score (nSPS) is 12.2. The summed E-state index contributed by atoms with van der Waals surface area (Å²) in [4.78, 5) is 24.8. The summed E-state index contributed by atoms with van der Waals surface area (Å²) >= 11 is 19.9. The lowest BCUT2D eigenvalue weighted by atomic mass is 10.1. The van der Waals surface area contributed by atoms with Crippen LogP contribution in [0.4, 0.5) is 20.2 Å². The Morgan fingerprint density at radius 1 is 0.653 bits per heavy atom. The van der Waals surface area contributed by atoms with Crippen LogP contribution in [0.3, 0.4) is 0 Å². The first kappa shape index (κ1) is 39.1. The van der Waals surface area contributed by atoms with Gasteiger partial charge < -0.3 is 24.8 Å². The molecule has 14 heteroatoms. The molecule has 0 radical (unpaired) electrons. The number of ether oxygens (including phenoxy) is 3. The molecule has 260 valence electrons. The van der Waals surface area contributed by atoms with Gasteiger partial charge in [0.1, 0.15) is 24.7 Å². The molecule has 0 saturated carbocycles. The Kier molecular flexibility index (Phi) is 14.3. The van der Waals surface area contributed by atoms with E-state index in [-0.39, 0.29) is 13.2 Å². The lowest BCUT2D eigenvalue weighted by molar-refractivity contribution is -0.166. The van der Waals surface area contributed by atoms with Gasteiger partial charge in [-0.25, -0.2) is 18.4 Å². The molecule has 0 saturated heterocycles. The van der Waals surface area contributed by atoms with Gasteiger partial charge in [0.2, 0.25) is 12.3 Å². The van der Waals surface area contributed by atoms with Crippen molar-refractivity contribution in [2.24, 2.45) is 0 Å². The zero-order valence-corrected chi connectivity index (χ0v) is 33.5. The number of hydrogen-bond donors (Lipinski definition) is 2. The lowest BCUT2D eigenvalue weighted by Crippen LogP contribution is -2.29. The van der Waals surface area contributed by atoms with Gasteiger partial charge in [-0.2, -0.15) is 0 Å². The number of halogens is 7. The quantitative estimate of drug-likeness (QED) is 0.0962. The number of esters is 2. The fraction of sp³-hybridized carbons (Fsp3) is 0.257. The van der Waals surface area contributed by atoms with E-state index in [0.717, 1.165) is 28.1 Å². The molecule has 0 aliphatic heterocycles. The van der Waals surface area contributed by atoms with Crippen LogP contribution in [0.15, 0.2) is 78.6 Å². The SMILES string of the molecule is CNc1cc(C)cc(COc2c(Br)cc(CC(F)C(=O)OC(=O)C(F)Cc3cc(Br)c(OCc4cc(Cl)cc(NC)c4)c(Br)c3)cc2Br)c1. The zero-order valence-electron chi connectivity index (χ0n) is 26.4. The van der Waals surface area contributed by atoms with Crippen molar-refractivity contribution in [1.82, 2.24) is 0 Å². The topological polar surface area (TPSA) is 85.9 Å². The standard InChI is InChI=1S/C35H31Br4ClF2N2O5/c1-18-4-21(7-24(5-18)43-2)16-47-32-26(36)9-19(10-27(32)37)13-30(41)34(45)49-35(46)31(42)14-20-11-28(38)33(29(39)12-20)48-17-22-6-23(40)15-25(8-22)44-3/h4-12,15,30-31,43-44H,13-14,16-17H2,1-3H3. The smallest absolute Gasteiger partial charge is 0.348 e. The van der Waals surface area contributed by atoms with Crippen molar-refractivity contribution in [3.8, 4) is 11.5 Å². The second-order valence-corrected chi connectivity index (χ2v) is 14.8. The Morgan fingerprint density at radius 2 is 1.06 bits per heavy atom. The number of carbonyl (C=O) groups is 2. The second kappa shape index (κ2) is 18.0. The number of carbonyl (C=O) groups excluding carboxylic acids is 2. The maximum atomic E-state index is 14.9. The molecule has 0 heterocycles. The van der Waals surface area contributed by atoms with E-state index in [1.54, 1.807) is 43.4 Å². The minimum Gasteiger partial charge on any atom is -0.487 e. The van der Waals surface area contributed by atoms with E-state index >= 15 is 0 Å². The summed E-state index contributed by atoms with van der Waals surface area (Å²) in [6, 6.07) is 17.8. The van der Waals surface area contributed by atoms with Crippen LogP contribution in [0.25, 0.3) is 0 Å². The third-order valence-corrected chi connectivity index (χ3v) is 9.67. The number of alkyl halides is 2. The minimum absolute atomic E-state index is 0.202. The molecule has 2 atom stereocenters. The molecular formula is C35H31Br4ClF2N2O5. The summed E-state index contributed by atoms with van der Waals surface area (Å²) in [6.07, 6.45) is -5.25. The molecular weight excluding hydrogens is 921 g/mol. The highest BCUT2D eigenvalue weighted by molar-refractivity contribution is 9.11. The summed E-state index contributed by atoms with van der Waals surface area (Å²) in [5.41, 5.74) is 5.47. The first-order chi connectivity index (χ1) is 23.3. The average molecular weight is 953 g/mol. The van der Waals surface area contributed by atoms with Gasteiger partial charge in [-0.05, 0) is 153 Å². The van der Waals surface area contributed by atoms with Crippen LogP contribution in [0.2, 0.25) is 5.02 Å². The highest BCUT2D eigenvalue weighted by Gasteiger charge is 2.28. The minimum atomic E-state index is -2.22. The third kappa shape index (κ3) is 11.1. The molecule has 0 aliphatic carbocycles. The summed E-state index contributed by atoms with van der Waals surface area (Å²) in [7, 11) is 3.62.